The van der Waals surface area contributed by atoms with Gasteiger partial charge in [0.1, 0.15) is 5.82 Å². The molecule has 1 saturated heterocycles. The maximum atomic E-state index is 12.5. The number of imidazole rings is 1. The van der Waals surface area contributed by atoms with Gasteiger partial charge in [-0.3, -0.25) is 5.32 Å². The van der Waals surface area contributed by atoms with Gasteiger partial charge in [-0.05, 0) is 36.8 Å². The van der Waals surface area contributed by atoms with Gasteiger partial charge < -0.3 is 14.8 Å². The predicted molar refractivity (Wildman–Crippen MR) is 103 cm³/mol. The number of piperazine rings is 1. The van der Waals surface area contributed by atoms with E-state index in [9.17, 15) is 4.79 Å². The number of H-pyrrole nitrogens is 1. The van der Waals surface area contributed by atoms with Crippen molar-refractivity contribution in [3.8, 4) is 0 Å². The van der Waals surface area contributed by atoms with Gasteiger partial charge in [-0.1, -0.05) is 17.7 Å². The molecule has 1 fully saturated rings. The molecule has 0 atom stereocenters. The van der Waals surface area contributed by atoms with Crippen molar-refractivity contribution >= 4 is 40.4 Å². The lowest BCUT2D eigenvalue weighted by atomic mass is 10.2. The number of fused-ring (bicyclic) bond motifs is 1. The first kappa shape index (κ1) is 16.7. The molecule has 1 aromatic carbocycles. The highest BCUT2D eigenvalue weighted by molar-refractivity contribution is 6.32. The molecule has 0 saturated carbocycles. The fourth-order valence-corrected chi connectivity index (χ4v) is 3.34. The summed E-state index contributed by atoms with van der Waals surface area (Å²) in [5.41, 5.74) is 2.89. The van der Waals surface area contributed by atoms with Crippen molar-refractivity contribution in [2.75, 3.05) is 36.4 Å². The molecule has 8 heteroatoms. The molecule has 2 aromatic heterocycles. The number of rotatable bonds is 2. The summed E-state index contributed by atoms with van der Waals surface area (Å²) in [6, 6.07) is 9.42. The number of pyridine rings is 1. The molecule has 26 heavy (non-hydrogen) atoms. The van der Waals surface area contributed by atoms with Crippen LogP contribution in [0.2, 0.25) is 5.02 Å². The van der Waals surface area contributed by atoms with Crippen molar-refractivity contribution in [1.82, 2.24) is 19.9 Å². The Morgan fingerprint density at radius 2 is 2.04 bits per heavy atom. The van der Waals surface area contributed by atoms with E-state index in [1.165, 1.54) is 0 Å². The van der Waals surface area contributed by atoms with Crippen molar-refractivity contribution in [2.24, 2.45) is 0 Å². The molecule has 134 valence electrons. The number of hydrogen-bond donors (Lipinski definition) is 2. The summed E-state index contributed by atoms with van der Waals surface area (Å²) in [7, 11) is 0. The third kappa shape index (κ3) is 3.30. The smallest absolute Gasteiger partial charge is 0.324 e. The first-order valence-corrected chi connectivity index (χ1v) is 8.86. The Labute approximate surface area is 156 Å². The van der Waals surface area contributed by atoms with E-state index < -0.39 is 0 Å². The number of halogens is 1. The van der Waals surface area contributed by atoms with E-state index >= 15 is 0 Å². The zero-order valence-corrected chi connectivity index (χ0v) is 15.1. The fourth-order valence-electron chi connectivity index (χ4n) is 3.09. The van der Waals surface area contributed by atoms with Crippen LogP contribution in [-0.4, -0.2) is 52.1 Å². The van der Waals surface area contributed by atoms with Crippen molar-refractivity contribution in [2.45, 2.75) is 6.92 Å². The van der Waals surface area contributed by atoms with E-state index in [4.69, 9.17) is 11.6 Å². The average molecular weight is 371 g/mol. The van der Waals surface area contributed by atoms with E-state index in [-0.39, 0.29) is 6.03 Å². The standard InChI is InChI=1S/C18H19ClN6O/c1-12-4-5-14-15(11-12)22-17(21-14)23-18(26)25-9-7-24(8-10-25)16-13(19)3-2-6-20-16/h2-6,11H,7-10H2,1H3,(H2,21,22,23,26). The number of nitrogens with zero attached hydrogens (tertiary/aromatic N) is 4. The van der Waals surface area contributed by atoms with E-state index in [2.05, 4.69) is 25.2 Å². The zero-order valence-electron chi connectivity index (χ0n) is 14.4. The van der Waals surface area contributed by atoms with Crippen LogP contribution in [0.1, 0.15) is 5.56 Å². The summed E-state index contributed by atoms with van der Waals surface area (Å²) < 4.78 is 0. The number of carbonyl (C=O) groups excluding carboxylic acids is 1. The highest BCUT2D eigenvalue weighted by Crippen LogP contribution is 2.23. The van der Waals surface area contributed by atoms with Crippen LogP contribution < -0.4 is 10.2 Å². The summed E-state index contributed by atoms with van der Waals surface area (Å²) >= 11 is 6.20. The number of aromatic nitrogens is 3. The Kier molecular flexibility index (Phi) is 4.38. The monoisotopic (exact) mass is 370 g/mol. The third-order valence-corrected chi connectivity index (χ3v) is 4.76. The lowest BCUT2D eigenvalue weighted by molar-refractivity contribution is 0.208. The molecule has 3 aromatic rings. The number of aromatic amines is 1. The van der Waals surface area contributed by atoms with Crippen LogP contribution in [-0.2, 0) is 0 Å². The second-order valence-electron chi connectivity index (χ2n) is 6.32. The molecule has 2 N–H and O–H groups in total. The predicted octanol–water partition coefficient (Wildman–Crippen LogP) is 3.27. The van der Waals surface area contributed by atoms with Crippen LogP contribution >= 0.6 is 11.6 Å². The second kappa shape index (κ2) is 6.84. The molecule has 4 rings (SSSR count). The molecule has 1 aliphatic rings. The molecular weight excluding hydrogens is 352 g/mol. The maximum absolute atomic E-state index is 12.5. The Morgan fingerprint density at radius 1 is 1.23 bits per heavy atom. The number of nitrogens with one attached hydrogen (secondary N) is 2. The largest absolute Gasteiger partial charge is 0.352 e. The minimum absolute atomic E-state index is 0.160. The molecule has 7 nitrogen and oxygen atoms in total. The molecule has 0 unspecified atom stereocenters. The minimum atomic E-state index is -0.160. The summed E-state index contributed by atoms with van der Waals surface area (Å²) in [5.74, 6) is 1.23. The molecule has 1 aliphatic heterocycles. The zero-order chi connectivity index (χ0) is 18.1. The van der Waals surface area contributed by atoms with Crippen LogP contribution in [0.5, 0.6) is 0 Å². The number of benzene rings is 1. The van der Waals surface area contributed by atoms with Crippen molar-refractivity contribution in [1.29, 1.82) is 0 Å². The van der Waals surface area contributed by atoms with E-state index in [0.717, 1.165) is 22.4 Å². The van der Waals surface area contributed by atoms with Gasteiger partial charge in [-0.15, -0.1) is 0 Å². The van der Waals surface area contributed by atoms with Gasteiger partial charge in [0, 0.05) is 32.4 Å². The highest BCUT2D eigenvalue weighted by atomic mass is 35.5. The van der Waals surface area contributed by atoms with E-state index in [0.29, 0.717) is 37.1 Å². The summed E-state index contributed by atoms with van der Waals surface area (Å²) in [6.07, 6.45) is 1.73. The van der Waals surface area contributed by atoms with Gasteiger partial charge in [-0.2, -0.15) is 0 Å². The van der Waals surface area contributed by atoms with Crippen molar-refractivity contribution in [3.05, 3.63) is 47.1 Å². The first-order chi connectivity index (χ1) is 12.6. The molecule has 0 radical (unpaired) electrons. The van der Waals surface area contributed by atoms with Crippen LogP contribution in [0.15, 0.2) is 36.5 Å². The summed E-state index contributed by atoms with van der Waals surface area (Å²) in [6.45, 7) is 4.58. The van der Waals surface area contributed by atoms with Crippen molar-refractivity contribution in [3.63, 3.8) is 0 Å². The highest BCUT2D eigenvalue weighted by Gasteiger charge is 2.23. The molecule has 2 amide bonds. The summed E-state index contributed by atoms with van der Waals surface area (Å²) in [5, 5.41) is 3.47. The minimum Gasteiger partial charge on any atom is -0.352 e. The molecule has 0 aliphatic carbocycles. The first-order valence-electron chi connectivity index (χ1n) is 8.48. The van der Waals surface area contributed by atoms with Crippen LogP contribution in [0.25, 0.3) is 11.0 Å². The average Bonchev–Trinajstić information content (AvgIpc) is 3.03. The van der Waals surface area contributed by atoms with Crippen molar-refractivity contribution < 1.29 is 4.79 Å². The van der Waals surface area contributed by atoms with Gasteiger partial charge in [0.05, 0.1) is 16.1 Å². The molecule has 3 heterocycles. The molecule has 0 spiro atoms. The fraction of sp³-hybridized carbons (Fsp3) is 0.278. The van der Waals surface area contributed by atoms with Gasteiger partial charge >= 0.3 is 6.03 Å². The lowest BCUT2D eigenvalue weighted by Gasteiger charge is -2.35. The van der Waals surface area contributed by atoms with Crippen LogP contribution in [0, 0.1) is 6.92 Å². The van der Waals surface area contributed by atoms with Gasteiger partial charge in [0.25, 0.3) is 0 Å². The van der Waals surface area contributed by atoms with Gasteiger partial charge in [0.2, 0.25) is 5.95 Å². The van der Waals surface area contributed by atoms with Gasteiger partial charge in [-0.25, -0.2) is 14.8 Å². The van der Waals surface area contributed by atoms with Crippen LogP contribution in [0.3, 0.4) is 0 Å². The number of carbonyl (C=O) groups is 1. The van der Waals surface area contributed by atoms with Gasteiger partial charge in [0.15, 0.2) is 0 Å². The third-order valence-electron chi connectivity index (χ3n) is 4.47. The van der Waals surface area contributed by atoms with E-state index in [1.807, 2.05) is 37.3 Å². The number of aryl methyl sites for hydroxylation is 1. The second-order valence-corrected chi connectivity index (χ2v) is 6.73. The molecular formula is C18H19ClN6O. The van der Waals surface area contributed by atoms with E-state index in [1.54, 1.807) is 11.1 Å². The number of hydrogen-bond acceptors (Lipinski definition) is 4. The SMILES string of the molecule is Cc1ccc2nc(NC(=O)N3CCN(c4ncccc4Cl)CC3)[nH]c2c1. The molecule has 0 bridgehead atoms. The Balaban J connectivity index is 1.39. The number of anilines is 2. The summed E-state index contributed by atoms with van der Waals surface area (Å²) in [4.78, 5) is 28.3. The Hall–Kier alpha value is -2.80. The van der Waals surface area contributed by atoms with Crippen LogP contribution in [0.4, 0.5) is 16.6 Å². The maximum Gasteiger partial charge on any atom is 0.324 e. The normalized spacial score (nSPS) is 14.7. The number of urea groups is 1. The quantitative estimate of drug-likeness (QED) is 0.725. The lowest BCUT2D eigenvalue weighted by Crippen LogP contribution is -2.50. The topological polar surface area (TPSA) is 77.2 Å². The number of amides is 2. The Morgan fingerprint density at radius 3 is 2.81 bits per heavy atom. The Bertz CT molecular complexity index is 948.